The Morgan fingerprint density at radius 1 is 0.867 bits per heavy atom. The lowest BCUT2D eigenvalue weighted by Crippen LogP contribution is -2.51. The quantitative estimate of drug-likeness (QED) is 0.0865. The normalized spacial score (nSPS) is 33.7. The van der Waals surface area contributed by atoms with E-state index in [0.29, 0.717) is 23.2 Å². The summed E-state index contributed by atoms with van der Waals surface area (Å²) in [6.07, 6.45) is 38.3. The lowest BCUT2D eigenvalue weighted by Gasteiger charge is -2.58. The predicted molar refractivity (Wildman–Crippen MR) is 193 cm³/mol. The molecular weight excluding hydrogens is 548 g/mol. The van der Waals surface area contributed by atoms with Gasteiger partial charge in [0.05, 0.1) is 0 Å². The molecule has 0 aromatic heterocycles. The second-order valence-electron chi connectivity index (χ2n) is 16.9. The summed E-state index contributed by atoms with van der Waals surface area (Å²) in [6, 6.07) is 0. The summed E-state index contributed by atoms with van der Waals surface area (Å²) in [4.78, 5) is 12.8. The van der Waals surface area contributed by atoms with Crippen LogP contribution in [0.4, 0.5) is 0 Å². The molecule has 1 unspecified atom stereocenters. The first-order valence-corrected chi connectivity index (χ1v) is 19.9. The summed E-state index contributed by atoms with van der Waals surface area (Å²) in [5, 5.41) is 0. The number of fused-ring (bicyclic) bond motifs is 5. The van der Waals surface area contributed by atoms with Crippen LogP contribution in [0, 0.1) is 46.3 Å². The van der Waals surface area contributed by atoms with E-state index in [1.165, 1.54) is 103 Å². The van der Waals surface area contributed by atoms with Gasteiger partial charge in [-0.3, -0.25) is 4.79 Å². The van der Waals surface area contributed by atoms with Crippen LogP contribution in [-0.2, 0) is 9.53 Å². The van der Waals surface area contributed by atoms with Crippen molar-refractivity contribution in [2.24, 2.45) is 46.3 Å². The Labute approximate surface area is 279 Å². The van der Waals surface area contributed by atoms with Crippen LogP contribution in [-0.4, -0.2) is 12.1 Å². The van der Waals surface area contributed by atoms with E-state index in [2.05, 4.69) is 71.9 Å². The number of allylic oxidation sites excluding steroid dienone is 5. The fourth-order valence-corrected chi connectivity index (χ4v) is 10.6. The van der Waals surface area contributed by atoms with Crippen LogP contribution in [0.2, 0.25) is 0 Å². The van der Waals surface area contributed by atoms with Gasteiger partial charge in [-0.1, -0.05) is 116 Å². The first-order valence-electron chi connectivity index (χ1n) is 19.9. The maximum atomic E-state index is 12.8. The highest BCUT2D eigenvalue weighted by Crippen LogP contribution is 2.67. The molecule has 3 fully saturated rings. The minimum atomic E-state index is 0.0471. The molecule has 4 aliphatic rings. The van der Waals surface area contributed by atoms with Gasteiger partial charge in [0.1, 0.15) is 6.10 Å². The van der Waals surface area contributed by atoms with Crippen molar-refractivity contribution in [2.45, 2.75) is 182 Å². The maximum Gasteiger partial charge on any atom is 0.306 e. The van der Waals surface area contributed by atoms with Gasteiger partial charge in [0.25, 0.3) is 0 Å². The highest BCUT2D eigenvalue weighted by atomic mass is 16.5. The zero-order chi connectivity index (χ0) is 32.3. The summed E-state index contributed by atoms with van der Waals surface area (Å²) < 4.78 is 6.11. The van der Waals surface area contributed by atoms with E-state index < -0.39 is 0 Å². The molecule has 2 heteroatoms. The molecule has 4 aliphatic carbocycles. The molecule has 8 atom stereocenters. The zero-order valence-electron chi connectivity index (χ0n) is 30.6. The van der Waals surface area contributed by atoms with Gasteiger partial charge in [0.15, 0.2) is 0 Å². The van der Waals surface area contributed by atoms with Crippen molar-refractivity contribution < 1.29 is 9.53 Å². The first kappa shape index (κ1) is 36.5. The zero-order valence-corrected chi connectivity index (χ0v) is 30.6. The topological polar surface area (TPSA) is 26.3 Å². The van der Waals surface area contributed by atoms with E-state index in [4.69, 9.17) is 4.74 Å². The third-order valence-electron chi connectivity index (χ3n) is 13.3. The molecule has 0 heterocycles. The van der Waals surface area contributed by atoms with Crippen molar-refractivity contribution >= 4 is 5.97 Å². The van der Waals surface area contributed by atoms with E-state index in [9.17, 15) is 4.79 Å². The lowest BCUT2D eigenvalue weighted by molar-refractivity contribution is -0.151. The van der Waals surface area contributed by atoms with Crippen LogP contribution >= 0.6 is 0 Å². The molecule has 0 aliphatic heterocycles. The summed E-state index contributed by atoms with van der Waals surface area (Å²) in [5.74, 6) is 4.88. The van der Waals surface area contributed by atoms with Crippen LogP contribution in [0.5, 0.6) is 0 Å². The number of hydrogen-bond acceptors (Lipinski definition) is 2. The summed E-state index contributed by atoms with van der Waals surface area (Å²) >= 11 is 0. The summed E-state index contributed by atoms with van der Waals surface area (Å²) in [6.45, 7) is 14.7. The molecule has 3 saturated carbocycles. The maximum absolute atomic E-state index is 12.8. The Morgan fingerprint density at radius 2 is 1.58 bits per heavy atom. The molecule has 0 N–H and O–H groups in total. The summed E-state index contributed by atoms with van der Waals surface area (Å²) in [7, 11) is 0. The van der Waals surface area contributed by atoms with Crippen molar-refractivity contribution in [1.29, 1.82) is 0 Å². The Balaban J connectivity index is 1.17. The molecule has 45 heavy (non-hydrogen) atoms. The molecule has 0 bridgehead atoms. The van der Waals surface area contributed by atoms with Crippen molar-refractivity contribution in [3.63, 3.8) is 0 Å². The van der Waals surface area contributed by atoms with Crippen LogP contribution in [0.3, 0.4) is 0 Å². The van der Waals surface area contributed by atoms with Gasteiger partial charge in [0, 0.05) is 12.8 Å². The molecule has 256 valence electrons. The minimum absolute atomic E-state index is 0.0471. The minimum Gasteiger partial charge on any atom is -0.462 e. The fourth-order valence-electron chi connectivity index (χ4n) is 10.6. The monoisotopic (exact) mass is 621 g/mol. The Morgan fingerprint density at radius 3 is 2.31 bits per heavy atom. The van der Waals surface area contributed by atoms with E-state index in [-0.39, 0.29) is 12.1 Å². The second kappa shape index (κ2) is 17.7. The number of carbonyl (C=O) groups is 1. The first-order chi connectivity index (χ1) is 21.7. The molecule has 0 aromatic rings. The SMILES string of the molecule is CCCCCCC=CCCCCCCCC(=O)OC1CC[C@@]2(C)C(=CC[C@H]3[C@@H]4CC[C@H]([C@H](C)C=CCC(C)C)[C@@]4(C)CC[C@@H]32)C1. The average Bonchev–Trinajstić information content (AvgIpc) is 3.37. The molecule has 0 saturated heterocycles. The fraction of sp³-hybridized carbons (Fsp3) is 0.837. The molecule has 0 aromatic carbocycles. The molecule has 2 nitrogen and oxygen atoms in total. The predicted octanol–water partition coefficient (Wildman–Crippen LogP) is 13.0. The largest absolute Gasteiger partial charge is 0.462 e. The van der Waals surface area contributed by atoms with E-state index in [1.54, 1.807) is 5.57 Å². The van der Waals surface area contributed by atoms with Gasteiger partial charge in [-0.25, -0.2) is 0 Å². The molecule has 0 radical (unpaired) electrons. The number of unbranched alkanes of at least 4 members (excludes halogenated alkanes) is 9. The number of rotatable bonds is 18. The standard InChI is InChI=1S/C43H72O2/c1-7-8-9-10-11-12-13-14-15-16-17-18-19-23-41(44)45-36-28-30-42(5)35(32-36)24-25-37-39-27-26-38(34(4)22-20-21-33(2)3)43(39,6)31-29-40(37)42/h12-13,20,22,24,33-34,36-40H,7-11,14-19,21,23,25-32H2,1-6H3/t34-,36?,37+,38-,39+,40+,42+,43-/m1/s1. The van der Waals surface area contributed by atoms with Crippen molar-refractivity contribution in [3.05, 3.63) is 36.0 Å². The number of esters is 1. The Bertz CT molecular complexity index is 988. The second-order valence-corrected chi connectivity index (χ2v) is 16.9. The highest BCUT2D eigenvalue weighted by molar-refractivity contribution is 5.69. The van der Waals surface area contributed by atoms with Gasteiger partial charge in [-0.2, -0.15) is 0 Å². The molecule has 4 rings (SSSR count). The third-order valence-corrected chi connectivity index (χ3v) is 13.3. The van der Waals surface area contributed by atoms with E-state index in [0.717, 1.165) is 55.3 Å². The van der Waals surface area contributed by atoms with Crippen LogP contribution in [0.25, 0.3) is 0 Å². The Hall–Kier alpha value is -1.31. The van der Waals surface area contributed by atoms with Crippen LogP contribution in [0.15, 0.2) is 36.0 Å². The lowest BCUT2D eigenvalue weighted by atomic mass is 9.47. The molecule has 0 spiro atoms. The average molecular weight is 621 g/mol. The van der Waals surface area contributed by atoms with Crippen molar-refractivity contribution in [3.8, 4) is 0 Å². The third kappa shape index (κ3) is 9.63. The van der Waals surface area contributed by atoms with Gasteiger partial charge in [0.2, 0.25) is 0 Å². The van der Waals surface area contributed by atoms with Gasteiger partial charge >= 0.3 is 5.97 Å². The van der Waals surface area contributed by atoms with Crippen molar-refractivity contribution in [2.75, 3.05) is 0 Å². The smallest absolute Gasteiger partial charge is 0.306 e. The molecular formula is C43H72O2. The van der Waals surface area contributed by atoms with Gasteiger partial charge < -0.3 is 4.74 Å². The van der Waals surface area contributed by atoms with Gasteiger partial charge in [-0.05, 0) is 130 Å². The Kier molecular flexibility index (Phi) is 14.4. The number of carbonyl (C=O) groups excluding carboxylic acids is 1. The van der Waals surface area contributed by atoms with Crippen LogP contribution < -0.4 is 0 Å². The van der Waals surface area contributed by atoms with E-state index >= 15 is 0 Å². The van der Waals surface area contributed by atoms with Crippen molar-refractivity contribution in [1.82, 2.24) is 0 Å². The van der Waals surface area contributed by atoms with E-state index in [1.807, 2.05) is 0 Å². The summed E-state index contributed by atoms with van der Waals surface area (Å²) in [5.41, 5.74) is 2.45. The van der Waals surface area contributed by atoms with Gasteiger partial charge in [-0.15, -0.1) is 0 Å². The number of hydrogen-bond donors (Lipinski definition) is 0. The van der Waals surface area contributed by atoms with Crippen LogP contribution in [0.1, 0.15) is 176 Å². The molecule has 0 amide bonds. The highest BCUT2D eigenvalue weighted by Gasteiger charge is 2.59. The number of ether oxygens (including phenoxy) is 1.